The molecule has 4 N–H and O–H groups in total. The number of nitrogens with zero attached hydrogens (tertiary/aromatic N) is 2. The van der Waals surface area contributed by atoms with Gasteiger partial charge in [0.15, 0.2) is 11.6 Å². The molecule has 1 fully saturated rings. The average molecular weight is 511 g/mol. The molecule has 1 saturated heterocycles. The van der Waals surface area contributed by atoms with E-state index < -0.39 is 17.4 Å². The number of aromatic amines is 1. The molecule has 0 spiro atoms. The van der Waals surface area contributed by atoms with Crippen molar-refractivity contribution in [2.75, 3.05) is 33.4 Å². The SMILES string of the molecule is COc1cc2c3c([nH]c2cc1F)C(Cc1cccc(O)c1)N1C(=O)N(CCCNCCO)C(=O)[C@]1(C)C3. The first-order chi connectivity index (χ1) is 17.8. The normalized spacial score (nSPS) is 21.0. The highest BCUT2D eigenvalue weighted by atomic mass is 19.1. The molecule has 2 aliphatic rings. The Balaban J connectivity index is 1.57. The summed E-state index contributed by atoms with van der Waals surface area (Å²) in [5, 5.41) is 22.8. The molecule has 3 amide bonds. The lowest BCUT2D eigenvalue weighted by Crippen LogP contribution is -2.53. The van der Waals surface area contributed by atoms with E-state index in [-0.39, 0.29) is 43.0 Å². The molecule has 9 nitrogen and oxygen atoms in total. The van der Waals surface area contributed by atoms with Crippen LogP contribution in [0.25, 0.3) is 10.9 Å². The molecule has 2 aromatic carbocycles. The van der Waals surface area contributed by atoms with Gasteiger partial charge in [-0.05, 0) is 55.6 Å². The number of ether oxygens (including phenoxy) is 1. The number of phenols is 1. The van der Waals surface area contributed by atoms with Crippen LogP contribution in [-0.4, -0.2) is 75.8 Å². The number of imide groups is 1. The molecule has 10 heteroatoms. The largest absolute Gasteiger partial charge is 0.508 e. The number of urea groups is 1. The van der Waals surface area contributed by atoms with E-state index in [1.165, 1.54) is 18.1 Å². The Morgan fingerprint density at radius 2 is 2.05 bits per heavy atom. The number of H-pyrrole nitrogens is 1. The predicted molar refractivity (Wildman–Crippen MR) is 135 cm³/mol. The minimum Gasteiger partial charge on any atom is -0.508 e. The zero-order valence-electron chi connectivity index (χ0n) is 20.9. The number of carbonyl (C=O) groups is 2. The van der Waals surface area contributed by atoms with Gasteiger partial charge in [0, 0.05) is 42.2 Å². The number of aliphatic hydroxyl groups is 1. The second-order valence-corrected chi connectivity index (χ2v) is 9.83. The van der Waals surface area contributed by atoms with Crippen LogP contribution in [0.4, 0.5) is 9.18 Å². The summed E-state index contributed by atoms with van der Waals surface area (Å²) in [6, 6.07) is 8.93. The molecule has 1 unspecified atom stereocenters. The lowest BCUT2D eigenvalue weighted by Gasteiger charge is -2.42. The van der Waals surface area contributed by atoms with Crippen LogP contribution in [0.3, 0.4) is 0 Å². The second-order valence-electron chi connectivity index (χ2n) is 9.83. The van der Waals surface area contributed by atoms with Gasteiger partial charge in [-0.25, -0.2) is 9.18 Å². The van der Waals surface area contributed by atoms with E-state index in [4.69, 9.17) is 9.84 Å². The highest BCUT2D eigenvalue weighted by molar-refractivity contribution is 6.08. The number of halogens is 1. The van der Waals surface area contributed by atoms with E-state index in [9.17, 15) is 19.1 Å². The number of rotatable bonds is 9. The van der Waals surface area contributed by atoms with Crippen LogP contribution in [0, 0.1) is 5.82 Å². The van der Waals surface area contributed by atoms with Crippen LogP contribution in [0.2, 0.25) is 0 Å². The Kier molecular flexibility index (Phi) is 6.55. The number of fused-ring (bicyclic) bond motifs is 4. The molecular weight excluding hydrogens is 479 g/mol. The van der Waals surface area contributed by atoms with Gasteiger partial charge in [-0.1, -0.05) is 12.1 Å². The van der Waals surface area contributed by atoms with Crippen LogP contribution in [-0.2, 0) is 17.6 Å². The topological polar surface area (TPSA) is 118 Å². The van der Waals surface area contributed by atoms with Crippen LogP contribution >= 0.6 is 0 Å². The number of aromatic nitrogens is 1. The summed E-state index contributed by atoms with van der Waals surface area (Å²) in [4.78, 5) is 33.8. The third kappa shape index (κ3) is 4.19. The lowest BCUT2D eigenvalue weighted by atomic mass is 9.81. The molecule has 3 heterocycles. The number of aliphatic hydroxyl groups excluding tert-OH is 1. The van der Waals surface area contributed by atoms with Crippen molar-refractivity contribution in [1.29, 1.82) is 0 Å². The smallest absolute Gasteiger partial charge is 0.328 e. The molecule has 1 aromatic heterocycles. The first-order valence-corrected chi connectivity index (χ1v) is 12.4. The van der Waals surface area contributed by atoms with Gasteiger partial charge in [0.25, 0.3) is 5.91 Å². The van der Waals surface area contributed by atoms with Gasteiger partial charge in [-0.15, -0.1) is 0 Å². The number of methoxy groups -OCH3 is 1. The summed E-state index contributed by atoms with van der Waals surface area (Å²) < 4.78 is 19.7. The van der Waals surface area contributed by atoms with Crippen LogP contribution in [0.1, 0.15) is 36.2 Å². The van der Waals surface area contributed by atoms with E-state index >= 15 is 0 Å². The van der Waals surface area contributed by atoms with Crippen molar-refractivity contribution in [2.45, 2.75) is 37.8 Å². The van der Waals surface area contributed by atoms with E-state index in [0.717, 1.165) is 22.2 Å². The molecule has 37 heavy (non-hydrogen) atoms. The molecule has 0 radical (unpaired) electrons. The molecule has 3 aromatic rings. The van der Waals surface area contributed by atoms with E-state index in [1.54, 1.807) is 36.1 Å². The molecule has 2 atom stereocenters. The third-order valence-corrected chi connectivity index (χ3v) is 7.42. The Bertz CT molecular complexity index is 1360. The first-order valence-electron chi connectivity index (χ1n) is 12.4. The summed E-state index contributed by atoms with van der Waals surface area (Å²) in [5.74, 6) is -0.551. The summed E-state index contributed by atoms with van der Waals surface area (Å²) in [6.45, 7) is 3.08. The Morgan fingerprint density at radius 1 is 1.24 bits per heavy atom. The second kappa shape index (κ2) is 9.68. The minimum absolute atomic E-state index is 0.0184. The number of phenolic OH excluding ortho intramolecular Hbond substituents is 1. The molecule has 2 aliphatic heterocycles. The quantitative estimate of drug-likeness (QED) is 0.260. The number of aromatic hydroxyl groups is 1. The average Bonchev–Trinajstić information content (AvgIpc) is 3.30. The van der Waals surface area contributed by atoms with Crippen molar-refractivity contribution in [3.05, 3.63) is 59.0 Å². The predicted octanol–water partition coefficient (Wildman–Crippen LogP) is 2.86. The fraction of sp³-hybridized carbons (Fsp3) is 0.407. The van der Waals surface area contributed by atoms with Gasteiger partial charge >= 0.3 is 6.03 Å². The van der Waals surface area contributed by atoms with Crippen LogP contribution in [0.15, 0.2) is 36.4 Å². The van der Waals surface area contributed by atoms with Crippen molar-refractivity contribution >= 4 is 22.8 Å². The van der Waals surface area contributed by atoms with Crippen molar-refractivity contribution < 1.29 is 28.9 Å². The lowest BCUT2D eigenvalue weighted by molar-refractivity contribution is -0.133. The highest BCUT2D eigenvalue weighted by Crippen LogP contribution is 2.48. The van der Waals surface area contributed by atoms with Gasteiger partial charge in [-0.2, -0.15) is 0 Å². The number of carbonyl (C=O) groups excluding carboxylic acids is 2. The maximum absolute atomic E-state index is 14.5. The summed E-state index contributed by atoms with van der Waals surface area (Å²) in [5.41, 5.74) is 1.84. The monoisotopic (exact) mass is 510 g/mol. The first kappa shape index (κ1) is 25.0. The Labute approximate surface area is 213 Å². The Hall–Kier alpha value is -3.63. The molecule has 0 saturated carbocycles. The molecular formula is C27H31FN4O5. The molecule has 196 valence electrons. The highest BCUT2D eigenvalue weighted by Gasteiger charge is 2.59. The number of benzene rings is 2. The van der Waals surface area contributed by atoms with E-state index in [2.05, 4.69) is 10.3 Å². The van der Waals surface area contributed by atoms with Crippen molar-refractivity contribution in [1.82, 2.24) is 20.1 Å². The molecule has 0 bridgehead atoms. The summed E-state index contributed by atoms with van der Waals surface area (Å²) >= 11 is 0. The van der Waals surface area contributed by atoms with Crippen molar-refractivity contribution in [3.8, 4) is 11.5 Å². The van der Waals surface area contributed by atoms with E-state index in [0.29, 0.717) is 31.4 Å². The molecule has 0 aliphatic carbocycles. The number of nitrogens with one attached hydrogen (secondary N) is 2. The Morgan fingerprint density at radius 3 is 2.78 bits per heavy atom. The maximum Gasteiger partial charge on any atom is 0.328 e. The molecule has 5 rings (SSSR count). The van der Waals surface area contributed by atoms with Crippen molar-refractivity contribution in [3.63, 3.8) is 0 Å². The fourth-order valence-corrected chi connectivity index (χ4v) is 5.70. The number of amides is 3. The van der Waals surface area contributed by atoms with Gasteiger partial charge in [0.05, 0.1) is 19.8 Å². The maximum atomic E-state index is 14.5. The van der Waals surface area contributed by atoms with Gasteiger partial charge < -0.3 is 30.2 Å². The number of hydrogen-bond acceptors (Lipinski definition) is 6. The van der Waals surface area contributed by atoms with Gasteiger partial charge in [-0.3, -0.25) is 9.69 Å². The van der Waals surface area contributed by atoms with Gasteiger partial charge in [0.2, 0.25) is 0 Å². The number of hydrogen-bond donors (Lipinski definition) is 4. The fourth-order valence-electron chi connectivity index (χ4n) is 5.70. The minimum atomic E-state index is -1.12. The zero-order chi connectivity index (χ0) is 26.3. The van der Waals surface area contributed by atoms with Crippen molar-refractivity contribution in [2.24, 2.45) is 0 Å². The van der Waals surface area contributed by atoms with Crippen LogP contribution < -0.4 is 10.1 Å². The summed E-state index contributed by atoms with van der Waals surface area (Å²) in [6.07, 6.45) is 1.19. The standard InChI is InChI=1S/C27H31FN4O5/c1-27-15-19-18-13-23(37-2)20(28)14-21(18)30-24(19)22(12-16-5-3-6-17(34)11-16)32(27)26(36)31(25(27)35)9-4-7-29-8-10-33/h3,5-6,11,13-14,22,29-30,33-34H,4,7-10,12,15H2,1-2H3/t22?,27-/m0/s1. The van der Waals surface area contributed by atoms with E-state index in [1.807, 2.05) is 6.07 Å². The third-order valence-electron chi connectivity index (χ3n) is 7.42. The zero-order valence-corrected chi connectivity index (χ0v) is 20.9. The van der Waals surface area contributed by atoms with Gasteiger partial charge in [0.1, 0.15) is 11.3 Å². The summed E-state index contributed by atoms with van der Waals surface area (Å²) in [7, 11) is 1.41. The van der Waals surface area contributed by atoms with Crippen LogP contribution in [0.5, 0.6) is 11.5 Å².